The van der Waals surface area contributed by atoms with Gasteiger partial charge in [0.05, 0.1) is 0 Å². The lowest BCUT2D eigenvalue weighted by Crippen LogP contribution is -2.41. The van der Waals surface area contributed by atoms with Gasteiger partial charge in [0, 0.05) is 25.0 Å². The summed E-state index contributed by atoms with van der Waals surface area (Å²) in [6.45, 7) is 1.60. The highest BCUT2D eigenvalue weighted by molar-refractivity contribution is 5.82. The number of likely N-dealkylation sites (tertiary alicyclic amines) is 1. The van der Waals surface area contributed by atoms with Crippen LogP contribution < -0.4 is 5.73 Å². The summed E-state index contributed by atoms with van der Waals surface area (Å²) in [6.07, 6.45) is 6.16. The Labute approximate surface area is 91.0 Å². The van der Waals surface area contributed by atoms with Crippen molar-refractivity contribution >= 4 is 5.91 Å². The lowest BCUT2D eigenvalue weighted by Gasteiger charge is -2.23. The zero-order valence-corrected chi connectivity index (χ0v) is 9.19. The van der Waals surface area contributed by atoms with Crippen molar-refractivity contribution in [2.45, 2.75) is 38.1 Å². The summed E-state index contributed by atoms with van der Waals surface area (Å²) in [5, 5.41) is 0. The van der Waals surface area contributed by atoms with Gasteiger partial charge in [-0.25, -0.2) is 0 Å². The second kappa shape index (κ2) is 3.48. The third-order valence-electron chi connectivity index (χ3n) is 4.32. The zero-order chi connectivity index (χ0) is 10.4. The van der Waals surface area contributed by atoms with Gasteiger partial charge in [-0.2, -0.15) is 0 Å². The summed E-state index contributed by atoms with van der Waals surface area (Å²) >= 11 is 0. The van der Waals surface area contributed by atoms with Crippen LogP contribution in [-0.4, -0.2) is 29.9 Å². The molecule has 0 radical (unpaired) electrons. The molecule has 1 amide bonds. The molecule has 0 aromatic carbocycles. The van der Waals surface area contributed by atoms with E-state index in [0.717, 1.165) is 37.6 Å². The molecule has 0 aromatic heterocycles. The van der Waals surface area contributed by atoms with Crippen molar-refractivity contribution < 1.29 is 4.79 Å². The van der Waals surface area contributed by atoms with Crippen molar-refractivity contribution in [2.24, 2.45) is 23.5 Å². The maximum Gasteiger partial charge on any atom is 0.226 e. The van der Waals surface area contributed by atoms with Gasteiger partial charge in [0.25, 0.3) is 0 Å². The first-order valence-electron chi connectivity index (χ1n) is 6.32. The second-order valence-corrected chi connectivity index (χ2v) is 5.41. The van der Waals surface area contributed by atoms with Crippen molar-refractivity contribution in [1.29, 1.82) is 0 Å². The molecule has 2 N–H and O–H groups in total. The summed E-state index contributed by atoms with van der Waals surface area (Å²) in [6, 6.07) is 0.345. The molecule has 0 bridgehead atoms. The predicted octanol–water partition coefficient (Wildman–Crippen LogP) is 0.982. The molecule has 3 aliphatic rings. The third kappa shape index (κ3) is 1.67. The number of hydrogen-bond acceptors (Lipinski definition) is 2. The Hall–Kier alpha value is -0.570. The minimum atomic E-state index is 0.345. The molecule has 2 saturated carbocycles. The number of carbonyl (C=O) groups is 1. The Bertz CT molecular complexity index is 275. The third-order valence-corrected chi connectivity index (χ3v) is 4.32. The molecule has 1 aliphatic heterocycles. The smallest absolute Gasteiger partial charge is 0.226 e. The van der Waals surface area contributed by atoms with Crippen LogP contribution >= 0.6 is 0 Å². The average molecular weight is 208 g/mol. The lowest BCUT2D eigenvalue weighted by atomic mass is 10.2. The number of nitrogens with two attached hydrogens (primary N) is 1. The van der Waals surface area contributed by atoms with E-state index in [2.05, 4.69) is 4.90 Å². The van der Waals surface area contributed by atoms with E-state index in [0.29, 0.717) is 24.4 Å². The highest BCUT2D eigenvalue weighted by atomic mass is 16.2. The number of carbonyl (C=O) groups excluding carboxylic acids is 1. The molecule has 0 spiro atoms. The van der Waals surface area contributed by atoms with Crippen LogP contribution in [-0.2, 0) is 4.79 Å². The van der Waals surface area contributed by atoms with Gasteiger partial charge >= 0.3 is 0 Å². The molecule has 3 atom stereocenters. The zero-order valence-electron chi connectivity index (χ0n) is 9.19. The fraction of sp³-hybridized carbons (Fsp3) is 0.917. The number of nitrogens with zero attached hydrogens (tertiary/aromatic N) is 1. The molecule has 0 aromatic rings. The van der Waals surface area contributed by atoms with E-state index in [-0.39, 0.29) is 0 Å². The first-order chi connectivity index (χ1) is 7.31. The van der Waals surface area contributed by atoms with Crippen molar-refractivity contribution in [3.8, 4) is 0 Å². The molecule has 2 aliphatic carbocycles. The van der Waals surface area contributed by atoms with E-state index in [1.165, 1.54) is 12.8 Å². The standard InChI is InChI=1S/C12H20N2O/c13-7-9-2-1-5-14(9)12(15)11-6-10(11)8-3-4-8/h8-11H,1-7,13H2. The normalized spacial score (nSPS) is 39.5. The van der Waals surface area contributed by atoms with E-state index in [1.54, 1.807) is 0 Å². The first-order valence-corrected chi connectivity index (χ1v) is 6.32. The average Bonchev–Trinajstić information content (AvgIpc) is 3.11. The Kier molecular flexibility index (Phi) is 2.23. The van der Waals surface area contributed by atoms with Gasteiger partial charge in [0.1, 0.15) is 0 Å². The maximum absolute atomic E-state index is 12.2. The molecule has 3 unspecified atom stereocenters. The molecule has 84 valence electrons. The molecule has 3 nitrogen and oxygen atoms in total. The van der Waals surface area contributed by atoms with Crippen molar-refractivity contribution in [1.82, 2.24) is 4.90 Å². The fourth-order valence-electron chi connectivity index (χ4n) is 3.13. The summed E-state index contributed by atoms with van der Waals surface area (Å²) in [5.41, 5.74) is 5.70. The molecule has 1 saturated heterocycles. The summed E-state index contributed by atoms with van der Waals surface area (Å²) in [5.74, 6) is 2.44. The fourth-order valence-corrected chi connectivity index (χ4v) is 3.13. The van der Waals surface area contributed by atoms with Crippen molar-refractivity contribution in [2.75, 3.05) is 13.1 Å². The molecule has 3 heteroatoms. The van der Waals surface area contributed by atoms with Gasteiger partial charge < -0.3 is 10.6 Å². The molecule has 1 heterocycles. The number of hydrogen-bond donors (Lipinski definition) is 1. The Balaban J connectivity index is 1.59. The monoisotopic (exact) mass is 208 g/mol. The number of amides is 1. The van der Waals surface area contributed by atoms with Gasteiger partial charge in [-0.1, -0.05) is 0 Å². The van der Waals surface area contributed by atoms with Crippen LogP contribution in [0.3, 0.4) is 0 Å². The SMILES string of the molecule is NCC1CCCN1C(=O)C1CC1C1CC1. The number of rotatable bonds is 3. The summed E-state index contributed by atoms with van der Waals surface area (Å²) in [7, 11) is 0. The van der Waals surface area contributed by atoms with Crippen LogP contribution in [0.2, 0.25) is 0 Å². The predicted molar refractivity (Wildman–Crippen MR) is 58.1 cm³/mol. The highest BCUT2D eigenvalue weighted by Crippen LogP contribution is 2.55. The van der Waals surface area contributed by atoms with E-state index in [9.17, 15) is 4.79 Å². The van der Waals surface area contributed by atoms with E-state index < -0.39 is 0 Å². The maximum atomic E-state index is 12.2. The molecule has 3 fully saturated rings. The molecular formula is C12H20N2O. The highest BCUT2D eigenvalue weighted by Gasteiger charge is 2.52. The van der Waals surface area contributed by atoms with Crippen molar-refractivity contribution in [3.05, 3.63) is 0 Å². The van der Waals surface area contributed by atoms with Crippen LogP contribution in [0.1, 0.15) is 32.1 Å². The lowest BCUT2D eigenvalue weighted by molar-refractivity contribution is -0.133. The summed E-state index contributed by atoms with van der Waals surface area (Å²) < 4.78 is 0. The quantitative estimate of drug-likeness (QED) is 0.751. The van der Waals surface area contributed by atoms with Crippen LogP contribution in [0.4, 0.5) is 0 Å². The van der Waals surface area contributed by atoms with Crippen LogP contribution in [0.5, 0.6) is 0 Å². The van der Waals surface area contributed by atoms with E-state index >= 15 is 0 Å². The Morgan fingerprint density at radius 2 is 2.13 bits per heavy atom. The van der Waals surface area contributed by atoms with Crippen LogP contribution in [0, 0.1) is 17.8 Å². The topological polar surface area (TPSA) is 46.3 Å². The molecule has 3 rings (SSSR count). The molecule has 15 heavy (non-hydrogen) atoms. The van der Waals surface area contributed by atoms with E-state index in [4.69, 9.17) is 5.73 Å². The van der Waals surface area contributed by atoms with Crippen LogP contribution in [0.25, 0.3) is 0 Å². The van der Waals surface area contributed by atoms with Crippen molar-refractivity contribution in [3.63, 3.8) is 0 Å². The Morgan fingerprint density at radius 1 is 1.33 bits per heavy atom. The minimum absolute atomic E-state index is 0.345. The summed E-state index contributed by atoms with van der Waals surface area (Å²) in [4.78, 5) is 14.3. The second-order valence-electron chi connectivity index (χ2n) is 5.41. The Morgan fingerprint density at radius 3 is 2.80 bits per heavy atom. The van der Waals surface area contributed by atoms with Crippen LogP contribution in [0.15, 0.2) is 0 Å². The van der Waals surface area contributed by atoms with E-state index in [1.807, 2.05) is 0 Å². The first kappa shape index (κ1) is 9.64. The van der Waals surface area contributed by atoms with Gasteiger partial charge in [-0.3, -0.25) is 4.79 Å². The van der Waals surface area contributed by atoms with Gasteiger partial charge in [-0.05, 0) is 43.9 Å². The van der Waals surface area contributed by atoms with Gasteiger partial charge in [0.2, 0.25) is 5.91 Å². The molecular weight excluding hydrogens is 188 g/mol. The largest absolute Gasteiger partial charge is 0.338 e. The van der Waals surface area contributed by atoms with Gasteiger partial charge in [-0.15, -0.1) is 0 Å². The minimum Gasteiger partial charge on any atom is -0.338 e. The van der Waals surface area contributed by atoms with Gasteiger partial charge in [0.15, 0.2) is 0 Å².